The molecule has 0 aliphatic carbocycles. The number of carboxylic acids is 3. The maximum Gasteiger partial charge on any atom is 0.341 e. The zero-order chi connectivity index (χ0) is 30.4. The molecule has 9 nitrogen and oxygen atoms in total. The van der Waals surface area contributed by atoms with Crippen molar-refractivity contribution in [3.8, 4) is 17.2 Å². The Morgan fingerprint density at radius 3 is 1.43 bits per heavy atom. The second-order valence-electron chi connectivity index (χ2n) is 7.23. The molecular formula is C25H20Cl6O9. The van der Waals surface area contributed by atoms with Crippen molar-refractivity contribution < 1.29 is 43.9 Å². The van der Waals surface area contributed by atoms with Gasteiger partial charge in [0.25, 0.3) is 0 Å². The van der Waals surface area contributed by atoms with Crippen molar-refractivity contribution >= 4 is 87.5 Å². The van der Waals surface area contributed by atoms with Gasteiger partial charge in [0.1, 0.15) is 17.2 Å². The van der Waals surface area contributed by atoms with Crippen LogP contribution in [-0.4, -0.2) is 53.0 Å². The SMILES string of the molecule is Cc1cc(Cl)ccc1OCC(=O)O.O=C(O)COc1cc(Cl)c(Cl)cc1Cl.O=C(O)COc1ccc(Cl)cc1Cl. The predicted molar refractivity (Wildman–Crippen MR) is 154 cm³/mol. The van der Waals surface area contributed by atoms with E-state index in [1.165, 1.54) is 24.3 Å². The summed E-state index contributed by atoms with van der Waals surface area (Å²) in [5.74, 6) is -2.07. The Morgan fingerprint density at radius 2 is 0.950 bits per heavy atom. The fourth-order valence-corrected chi connectivity index (χ4v) is 3.68. The molecule has 0 fully saturated rings. The predicted octanol–water partition coefficient (Wildman–Crippen LogP) is 7.68. The number of rotatable bonds is 9. The molecule has 3 aromatic rings. The first kappa shape index (κ1) is 35.2. The minimum Gasteiger partial charge on any atom is -0.482 e. The van der Waals surface area contributed by atoms with Crippen molar-refractivity contribution in [3.63, 3.8) is 0 Å². The van der Waals surface area contributed by atoms with Gasteiger partial charge in [0, 0.05) is 16.1 Å². The standard InChI is InChI=1S/C9H9ClO3.C8H5Cl3O3.C8H6Cl2O3/c1-6-4-7(10)2-3-8(6)13-5-9(11)12;9-4-1-6(11)7(2-5(4)10)14-3-8(12)13;9-5-1-2-7(6(10)3-5)13-4-8(11)12/h2-4H,5H2,1H3,(H,11,12);1-2H,3H2,(H,12,13);1-3H,4H2,(H,11,12). The van der Waals surface area contributed by atoms with Crippen LogP contribution in [0.15, 0.2) is 48.5 Å². The fraction of sp³-hybridized carbons (Fsp3) is 0.160. The minimum atomic E-state index is -1.09. The molecule has 0 saturated heterocycles. The Kier molecular flexibility index (Phi) is 15.7. The third kappa shape index (κ3) is 14.0. The zero-order valence-electron chi connectivity index (χ0n) is 20.3. The number of ether oxygens (including phenoxy) is 3. The molecule has 3 N–H and O–H groups in total. The molecule has 0 heterocycles. The van der Waals surface area contributed by atoms with Crippen LogP contribution in [0.3, 0.4) is 0 Å². The van der Waals surface area contributed by atoms with E-state index < -0.39 is 31.1 Å². The molecular weight excluding hydrogens is 657 g/mol. The zero-order valence-corrected chi connectivity index (χ0v) is 24.8. The molecule has 0 bridgehead atoms. The average molecular weight is 677 g/mol. The van der Waals surface area contributed by atoms with Gasteiger partial charge in [0.2, 0.25) is 0 Å². The van der Waals surface area contributed by atoms with Crippen LogP contribution in [0.4, 0.5) is 0 Å². The van der Waals surface area contributed by atoms with Crippen molar-refractivity contribution in [2.45, 2.75) is 6.92 Å². The van der Waals surface area contributed by atoms with Crippen molar-refractivity contribution in [2.24, 2.45) is 0 Å². The molecule has 0 aromatic heterocycles. The van der Waals surface area contributed by atoms with E-state index in [1.54, 1.807) is 24.3 Å². The highest BCUT2D eigenvalue weighted by molar-refractivity contribution is 6.43. The van der Waals surface area contributed by atoms with Gasteiger partial charge >= 0.3 is 17.9 Å². The molecule has 0 unspecified atom stereocenters. The number of halogens is 6. The first-order valence-electron chi connectivity index (χ1n) is 10.6. The summed E-state index contributed by atoms with van der Waals surface area (Å²) in [5.41, 5.74) is 0.828. The van der Waals surface area contributed by atoms with Gasteiger partial charge in [-0.3, -0.25) is 0 Å². The highest BCUT2D eigenvalue weighted by Gasteiger charge is 2.08. The van der Waals surface area contributed by atoms with Gasteiger partial charge in [-0.15, -0.1) is 0 Å². The van der Waals surface area contributed by atoms with Crippen molar-refractivity contribution in [2.75, 3.05) is 19.8 Å². The molecule has 3 rings (SSSR count). The van der Waals surface area contributed by atoms with Gasteiger partial charge in [-0.05, 0) is 55.0 Å². The van der Waals surface area contributed by atoms with Crippen LogP contribution in [0, 0.1) is 6.92 Å². The number of aryl methyl sites for hydroxylation is 1. The van der Waals surface area contributed by atoms with Crippen molar-refractivity contribution in [3.05, 3.63) is 84.2 Å². The van der Waals surface area contributed by atoms with Crippen LogP contribution in [-0.2, 0) is 14.4 Å². The lowest BCUT2D eigenvalue weighted by molar-refractivity contribution is -0.140. The van der Waals surface area contributed by atoms with Gasteiger partial charge in [-0.25, -0.2) is 14.4 Å². The van der Waals surface area contributed by atoms with E-state index in [0.29, 0.717) is 31.6 Å². The maximum absolute atomic E-state index is 10.2. The Hall–Kier alpha value is -2.79. The van der Waals surface area contributed by atoms with Crippen LogP contribution in [0.25, 0.3) is 0 Å². The molecule has 216 valence electrons. The van der Waals surface area contributed by atoms with E-state index in [2.05, 4.69) is 0 Å². The van der Waals surface area contributed by atoms with Gasteiger partial charge in [-0.1, -0.05) is 69.6 Å². The molecule has 0 saturated carbocycles. The summed E-state index contributed by atoms with van der Waals surface area (Å²) in [6.07, 6.45) is 0. The number of aliphatic carboxylic acids is 3. The Bertz CT molecular complexity index is 1270. The summed E-state index contributed by atoms with van der Waals surface area (Å²) < 4.78 is 14.7. The molecule has 3 aromatic carbocycles. The number of hydrogen-bond acceptors (Lipinski definition) is 6. The molecule has 15 heteroatoms. The number of carboxylic acid groups (broad SMARTS) is 3. The lowest BCUT2D eigenvalue weighted by Crippen LogP contribution is -2.09. The van der Waals surface area contributed by atoms with Gasteiger partial charge in [0.15, 0.2) is 19.8 Å². The minimum absolute atomic E-state index is 0.198. The van der Waals surface area contributed by atoms with E-state index in [9.17, 15) is 14.4 Å². The van der Waals surface area contributed by atoms with E-state index in [1.807, 2.05) is 6.92 Å². The van der Waals surface area contributed by atoms with E-state index in [0.717, 1.165) is 5.56 Å². The van der Waals surface area contributed by atoms with Gasteiger partial charge in [-0.2, -0.15) is 0 Å². The summed E-state index contributed by atoms with van der Waals surface area (Å²) in [7, 11) is 0. The van der Waals surface area contributed by atoms with Gasteiger partial charge < -0.3 is 29.5 Å². The Morgan fingerprint density at radius 1 is 0.550 bits per heavy atom. The monoisotopic (exact) mass is 674 g/mol. The third-order valence-electron chi connectivity index (χ3n) is 4.06. The summed E-state index contributed by atoms with van der Waals surface area (Å²) in [5, 5.41) is 27.2. The second kappa shape index (κ2) is 17.8. The molecule has 40 heavy (non-hydrogen) atoms. The molecule has 0 aliphatic rings. The highest BCUT2D eigenvalue weighted by Crippen LogP contribution is 2.33. The lowest BCUT2D eigenvalue weighted by Gasteiger charge is -2.06. The maximum atomic E-state index is 10.2. The Labute approximate surface area is 258 Å². The summed E-state index contributed by atoms with van der Waals surface area (Å²) in [6, 6.07) is 12.4. The van der Waals surface area contributed by atoms with E-state index in [-0.39, 0.29) is 22.4 Å². The van der Waals surface area contributed by atoms with Crippen molar-refractivity contribution in [1.29, 1.82) is 0 Å². The summed E-state index contributed by atoms with van der Waals surface area (Å²) >= 11 is 34.1. The molecule has 0 spiro atoms. The van der Waals surface area contributed by atoms with Crippen LogP contribution >= 0.6 is 69.6 Å². The molecule has 0 atom stereocenters. The van der Waals surface area contributed by atoms with Crippen LogP contribution in [0.5, 0.6) is 17.2 Å². The number of benzene rings is 3. The largest absolute Gasteiger partial charge is 0.482 e. The average Bonchev–Trinajstić information content (AvgIpc) is 2.85. The van der Waals surface area contributed by atoms with E-state index >= 15 is 0 Å². The smallest absolute Gasteiger partial charge is 0.341 e. The number of carbonyl (C=O) groups is 3. The fourth-order valence-electron chi connectivity index (χ4n) is 2.40. The van der Waals surface area contributed by atoms with Crippen LogP contribution in [0.1, 0.15) is 5.56 Å². The first-order chi connectivity index (χ1) is 18.7. The van der Waals surface area contributed by atoms with Crippen molar-refractivity contribution in [1.82, 2.24) is 0 Å². The van der Waals surface area contributed by atoms with Crippen LogP contribution in [0.2, 0.25) is 30.1 Å². The third-order valence-corrected chi connectivity index (χ3v) is 5.84. The lowest BCUT2D eigenvalue weighted by atomic mass is 10.2. The van der Waals surface area contributed by atoms with E-state index in [4.69, 9.17) is 99.1 Å². The number of hydrogen-bond donors (Lipinski definition) is 3. The van der Waals surface area contributed by atoms with Crippen LogP contribution < -0.4 is 14.2 Å². The Balaban J connectivity index is 0.000000300. The summed E-state index contributed by atoms with van der Waals surface area (Å²) in [6.45, 7) is 0.588. The molecule has 0 amide bonds. The topological polar surface area (TPSA) is 140 Å². The summed E-state index contributed by atoms with van der Waals surface area (Å²) in [4.78, 5) is 30.6. The first-order valence-corrected chi connectivity index (χ1v) is 12.9. The quantitative estimate of drug-likeness (QED) is 0.195. The highest BCUT2D eigenvalue weighted by atomic mass is 35.5. The van der Waals surface area contributed by atoms with Gasteiger partial charge in [0.05, 0.1) is 20.1 Å². The normalized spacial score (nSPS) is 9.78. The second-order valence-corrected chi connectivity index (χ2v) is 9.73. The molecule has 0 radical (unpaired) electrons. The molecule has 0 aliphatic heterocycles.